The van der Waals surface area contributed by atoms with Gasteiger partial charge in [0, 0.05) is 12.5 Å². The Labute approximate surface area is 95.6 Å². The van der Waals surface area contributed by atoms with Crippen LogP contribution in [-0.4, -0.2) is 29.8 Å². The number of rotatable bonds is 6. The number of hydrogen-bond donors (Lipinski definition) is 1. The second kappa shape index (κ2) is 5.41. The molecule has 0 radical (unpaired) electrons. The van der Waals surface area contributed by atoms with Crippen LogP contribution in [0.1, 0.15) is 37.9 Å². The first kappa shape index (κ1) is 11.5. The summed E-state index contributed by atoms with van der Waals surface area (Å²) in [7, 11) is 0. The SMILES string of the molecule is CCCOCc1noc(C(C)C2CNC2)n1. The van der Waals surface area contributed by atoms with Crippen LogP contribution < -0.4 is 5.32 Å². The maximum absolute atomic E-state index is 5.37. The van der Waals surface area contributed by atoms with E-state index in [1.807, 2.05) is 0 Å². The van der Waals surface area contributed by atoms with Gasteiger partial charge in [0.05, 0.1) is 0 Å². The highest BCUT2D eigenvalue weighted by Gasteiger charge is 2.28. The van der Waals surface area contributed by atoms with Gasteiger partial charge in [-0.15, -0.1) is 0 Å². The van der Waals surface area contributed by atoms with E-state index in [9.17, 15) is 0 Å². The smallest absolute Gasteiger partial charge is 0.229 e. The molecule has 0 saturated carbocycles. The first-order valence-electron chi connectivity index (χ1n) is 5.92. The molecule has 0 amide bonds. The van der Waals surface area contributed by atoms with Crippen molar-refractivity contribution in [3.8, 4) is 0 Å². The topological polar surface area (TPSA) is 60.2 Å². The Balaban J connectivity index is 1.85. The molecule has 0 bridgehead atoms. The van der Waals surface area contributed by atoms with E-state index in [0.717, 1.165) is 32.0 Å². The van der Waals surface area contributed by atoms with Gasteiger partial charge in [-0.1, -0.05) is 19.0 Å². The lowest BCUT2D eigenvalue weighted by molar-refractivity contribution is 0.114. The Kier molecular flexibility index (Phi) is 3.90. The Morgan fingerprint density at radius 3 is 3.00 bits per heavy atom. The summed E-state index contributed by atoms with van der Waals surface area (Å²) in [5, 5.41) is 7.16. The third-order valence-corrected chi connectivity index (χ3v) is 2.97. The molecule has 5 nitrogen and oxygen atoms in total. The molecule has 2 rings (SSSR count). The fourth-order valence-corrected chi connectivity index (χ4v) is 1.69. The van der Waals surface area contributed by atoms with Crippen LogP contribution in [0.2, 0.25) is 0 Å². The molecule has 1 unspecified atom stereocenters. The van der Waals surface area contributed by atoms with E-state index in [0.29, 0.717) is 24.3 Å². The minimum Gasteiger partial charge on any atom is -0.373 e. The molecule has 2 heterocycles. The van der Waals surface area contributed by atoms with E-state index < -0.39 is 0 Å². The Bertz CT molecular complexity index is 323. The van der Waals surface area contributed by atoms with Gasteiger partial charge in [-0.2, -0.15) is 4.98 Å². The second-order valence-corrected chi connectivity index (χ2v) is 4.31. The monoisotopic (exact) mass is 225 g/mol. The Morgan fingerprint density at radius 1 is 1.56 bits per heavy atom. The van der Waals surface area contributed by atoms with Gasteiger partial charge in [0.15, 0.2) is 5.82 Å². The predicted molar refractivity (Wildman–Crippen MR) is 59.0 cm³/mol. The summed E-state index contributed by atoms with van der Waals surface area (Å²) in [6.07, 6.45) is 1.01. The van der Waals surface area contributed by atoms with Crippen LogP contribution in [0.25, 0.3) is 0 Å². The molecule has 1 aliphatic rings. The fourth-order valence-electron chi connectivity index (χ4n) is 1.69. The molecule has 1 fully saturated rings. The third kappa shape index (κ3) is 2.59. The lowest BCUT2D eigenvalue weighted by Gasteiger charge is -2.30. The lowest BCUT2D eigenvalue weighted by Crippen LogP contribution is -2.44. The Hall–Kier alpha value is -0.940. The summed E-state index contributed by atoms with van der Waals surface area (Å²) in [6, 6.07) is 0. The van der Waals surface area contributed by atoms with Crippen LogP contribution in [0.5, 0.6) is 0 Å². The molecule has 0 aliphatic carbocycles. The van der Waals surface area contributed by atoms with Gasteiger partial charge in [-0.3, -0.25) is 0 Å². The van der Waals surface area contributed by atoms with Gasteiger partial charge in [-0.05, 0) is 25.4 Å². The highest BCUT2D eigenvalue weighted by molar-refractivity contribution is 4.98. The number of nitrogens with one attached hydrogen (secondary N) is 1. The minimum absolute atomic E-state index is 0.341. The first-order valence-corrected chi connectivity index (χ1v) is 5.92. The molecular formula is C11H19N3O2. The third-order valence-electron chi connectivity index (χ3n) is 2.97. The van der Waals surface area contributed by atoms with Crippen molar-refractivity contribution in [1.29, 1.82) is 0 Å². The van der Waals surface area contributed by atoms with E-state index in [4.69, 9.17) is 9.26 Å². The molecule has 1 saturated heterocycles. The predicted octanol–water partition coefficient (Wildman–Crippen LogP) is 1.32. The van der Waals surface area contributed by atoms with Crippen molar-refractivity contribution in [2.24, 2.45) is 5.92 Å². The van der Waals surface area contributed by atoms with E-state index in [-0.39, 0.29) is 0 Å². The summed E-state index contributed by atoms with van der Waals surface area (Å²) >= 11 is 0. The maximum atomic E-state index is 5.37. The largest absolute Gasteiger partial charge is 0.373 e. The van der Waals surface area contributed by atoms with E-state index >= 15 is 0 Å². The molecule has 0 aromatic carbocycles. The van der Waals surface area contributed by atoms with Gasteiger partial charge in [0.25, 0.3) is 0 Å². The summed E-state index contributed by atoms with van der Waals surface area (Å²) in [6.45, 7) is 7.50. The molecule has 1 aromatic rings. The van der Waals surface area contributed by atoms with Gasteiger partial charge in [0.2, 0.25) is 5.89 Å². The maximum Gasteiger partial charge on any atom is 0.229 e. The average molecular weight is 225 g/mol. The zero-order valence-electron chi connectivity index (χ0n) is 9.90. The summed E-state index contributed by atoms with van der Waals surface area (Å²) in [5.74, 6) is 2.36. The minimum atomic E-state index is 0.341. The summed E-state index contributed by atoms with van der Waals surface area (Å²) in [5.41, 5.74) is 0. The number of aromatic nitrogens is 2. The first-order chi connectivity index (χ1) is 7.81. The van der Waals surface area contributed by atoms with Crippen LogP contribution in [0, 0.1) is 5.92 Å². The molecule has 16 heavy (non-hydrogen) atoms. The van der Waals surface area contributed by atoms with Crippen molar-refractivity contribution in [2.45, 2.75) is 32.8 Å². The van der Waals surface area contributed by atoms with E-state index in [2.05, 4.69) is 29.3 Å². The zero-order chi connectivity index (χ0) is 11.4. The normalized spacial score (nSPS) is 18.4. The quantitative estimate of drug-likeness (QED) is 0.740. The van der Waals surface area contributed by atoms with Gasteiger partial charge in [0.1, 0.15) is 6.61 Å². The zero-order valence-corrected chi connectivity index (χ0v) is 9.90. The van der Waals surface area contributed by atoms with Crippen LogP contribution in [0.15, 0.2) is 4.52 Å². The fraction of sp³-hybridized carbons (Fsp3) is 0.818. The molecule has 1 aromatic heterocycles. The molecule has 1 N–H and O–H groups in total. The van der Waals surface area contributed by atoms with E-state index in [1.165, 1.54) is 0 Å². The van der Waals surface area contributed by atoms with E-state index in [1.54, 1.807) is 0 Å². The van der Waals surface area contributed by atoms with Gasteiger partial charge >= 0.3 is 0 Å². The van der Waals surface area contributed by atoms with Crippen molar-refractivity contribution in [1.82, 2.24) is 15.5 Å². The van der Waals surface area contributed by atoms with Gasteiger partial charge < -0.3 is 14.6 Å². The molecule has 1 atom stereocenters. The average Bonchev–Trinajstić information content (AvgIpc) is 2.64. The van der Waals surface area contributed by atoms with Crippen molar-refractivity contribution in [3.05, 3.63) is 11.7 Å². The van der Waals surface area contributed by atoms with Crippen molar-refractivity contribution in [2.75, 3.05) is 19.7 Å². The molecule has 90 valence electrons. The molecular weight excluding hydrogens is 206 g/mol. The molecule has 5 heteroatoms. The van der Waals surface area contributed by atoms with Crippen LogP contribution in [-0.2, 0) is 11.3 Å². The van der Waals surface area contributed by atoms with Crippen molar-refractivity contribution >= 4 is 0 Å². The highest BCUT2D eigenvalue weighted by Crippen LogP contribution is 2.25. The van der Waals surface area contributed by atoms with Gasteiger partial charge in [-0.25, -0.2) is 0 Å². The molecule has 0 spiro atoms. The summed E-state index contributed by atoms with van der Waals surface area (Å²) < 4.78 is 10.6. The molecule has 1 aliphatic heterocycles. The van der Waals surface area contributed by atoms with Crippen LogP contribution in [0.3, 0.4) is 0 Å². The Morgan fingerprint density at radius 2 is 2.38 bits per heavy atom. The number of nitrogens with zero attached hydrogens (tertiary/aromatic N) is 2. The second-order valence-electron chi connectivity index (χ2n) is 4.31. The van der Waals surface area contributed by atoms with Crippen molar-refractivity contribution < 1.29 is 9.26 Å². The summed E-state index contributed by atoms with van der Waals surface area (Å²) in [4.78, 5) is 4.35. The number of hydrogen-bond acceptors (Lipinski definition) is 5. The van der Waals surface area contributed by atoms with Crippen LogP contribution >= 0.6 is 0 Å². The highest BCUT2D eigenvalue weighted by atomic mass is 16.5. The lowest BCUT2D eigenvalue weighted by atomic mass is 9.89. The van der Waals surface area contributed by atoms with Crippen molar-refractivity contribution in [3.63, 3.8) is 0 Å². The van der Waals surface area contributed by atoms with Crippen LogP contribution in [0.4, 0.5) is 0 Å². The standard InChI is InChI=1S/C11H19N3O2/c1-3-4-15-7-10-13-11(16-14-10)8(2)9-5-12-6-9/h8-9,12H,3-7H2,1-2H3. The number of ether oxygens (including phenoxy) is 1.